The van der Waals surface area contributed by atoms with Crippen LogP contribution in [0, 0.1) is 0 Å². The number of carboxylic acid groups (broad SMARTS) is 1. The van der Waals surface area contributed by atoms with E-state index in [-0.39, 0.29) is 19.1 Å². The second kappa shape index (κ2) is 8.30. The van der Waals surface area contributed by atoms with Crippen LogP contribution >= 0.6 is 0 Å². The molecule has 0 fully saturated rings. The number of likely N-dealkylation sites (N-methyl/N-ethyl adjacent to an activating group) is 1. The molecule has 8 nitrogen and oxygen atoms in total. The van der Waals surface area contributed by atoms with Crippen molar-refractivity contribution in [1.82, 2.24) is 15.1 Å². The number of aliphatic carboxylic acids is 1. The molecule has 19 heavy (non-hydrogen) atoms. The molecule has 2 N–H and O–H groups in total. The van der Waals surface area contributed by atoms with Gasteiger partial charge >= 0.3 is 12.0 Å². The van der Waals surface area contributed by atoms with Crippen LogP contribution in [0.5, 0.6) is 0 Å². The summed E-state index contributed by atoms with van der Waals surface area (Å²) in [4.78, 5) is 36.5. The number of hydrogen-bond acceptors (Lipinski definition) is 4. The molecule has 1 atom stereocenters. The first-order chi connectivity index (χ1) is 8.79. The van der Waals surface area contributed by atoms with E-state index in [0.717, 1.165) is 4.90 Å². The van der Waals surface area contributed by atoms with Gasteiger partial charge in [-0.3, -0.25) is 9.59 Å². The Labute approximate surface area is 112 Å². The minimum Gasteiger partial charge on any atom is -0.480 e. The van der Waals surface area contributed by atoms with E-state index < -0.39 is 24.6 Å². The van der Waals surface area contributed by atoms with Gasteiger partial charge in [0.1, 0.15) is 12.6 Å². The summed E-state index contributed by atoms with van der Waals surface area (Å²) in [6, 6.07) is -1.33. The van der Waals surface area contributed by atoms with Crippen molar-refractivity contribution in [2.45, 2.75) is 13.0 Å². The third-order valence-corrected chi connectivity index (χ3v) is 2.33. The zero-order chi connectivity index (χ0) is 15.0. The maximum absolute atomic E-state index is 11.8. The standard InChI is InChI=1S/C11H21N3O5/c1-8(10(17)13(2)3)12-11(18)14(5-6-19-4)7-9(15)16/h8H,5-7H2,1-4H3,(H,12,18)(H,15,16). The molecular formula is C11H21N3O5. The number of urea groups is 1. The average molecular weight is 275 g/mol. The molecule has 0 aromatic carbocycles. The summed E-state index contributed by atoms with van der Waals surface area (Å²) in [7, 11) is 4.60. The van der Waals surface area contributed by atoms with E-state index >= 15 is 0 Å². The fourth-order valence-corrected chi connectivity index (χ4v) is 1.34. The Kier molecular flexibility index (Phi) is 7.50. The SMILES string of the molecule is COCCN(CC(=O)O)C(=O)NC(C)C(=O)N(C)C. The minimum absolute atomic E-state index is 0.136. The van der Waals surface area contributed by atoms with Crippen LogP contribution in [0.15, 0.2) is 0 Å². The summed E-state index contributed by atoms with van der Waals surface area (Å²) in [6.45, 7) is 1.45. The van der Waals surface area contributed by atoms with Crippen molar-refractivity contribution in [1.29, 1.82) is 0 Å². The largest absolute Gasteiger partial charge is 0.480 e. The van der Waals surface area contributed by atoms with Crippen LogP contribution in [0.2, 0.25) is 0 Å². The zero-order valence-electron chi connectivity index (χ0n) is 11.7. The lowest BCUT2D eigenvalue weighted by Gasteiger charge is -2.24. The van der Waals surface area contributed by atoms with E-state index in [1.807, 2.05) is 0 Å². The highest BCUT2D eigenvalue weighted by Crippen LogP contribution is 1.95. The predicted molar refractivity (Wildman–Crippen MR) is 67.8 cm³/mol. The summed E-state index contributed by atoms with van der Waals surface area (Å²) in [5, 5.41) is 11.2. The summed E-state index contributed by atoms with van der Waals surface area (Å²) in [6.07, 6.45) is 0. The highest BCUT2D eigenvalue weighted by atomic mass is 16.5. The van der Waals surface area contributed by atoms with Crippen molar-refractivity contribution in [3.8, 4) is 0 Å². The Morgan fingerprint density at radius 2 is 1.89 bits per heavy atom. The molecule has 0 spiro atoms. The molecule has 0 radical (unpaired) electrons. The van der Waals surface area contributed by atoms with Crippen LogP contribution < -0.4 is 5.32 Å². The number of ether oxygens (including phenoxy) is 1. The van der Waals surface area contributed by atoms with Crippen LogP contribution in [-0.2, 0) is 14.3 Å². The maximum atomic E-state index is 11.8. The number of carboxylic acids is 1. The number of hydrogen-bond donors (Lipinski definition) is 2. The molecular weight excluding hydrogens is 254 g/mol. The van der Waals surface area contributed by atoms with Gasteiger partial charge in [-0.1, -0.05) is 0 Å². The van der Waals surface area contributed by atoms with Gasteiger partial charge in [-0.2, -0.15) is 0 Å². The molecule has 0 saturated heterocycles. The maximum Gasteiger partial charge on any atom is 0.323 e. The van der Waals surface area contributed by atoms with Gasteiger partial charge in [-0.25, -0.2) is 4.79 Å². The van der Waals surface area contributed by atoms with Crippen molar-refractivity contribution in [2.24, 2.45) is 0 Å². The monoisotopic (exact) mass is 275 g/mol. The van der Waals surface area contributed by atoms with E-state index in [4.69, 9.17) is 9.84 Å². The van der Waals surface area contributed by atoms with Crippen LogP contribution in [-0.4, -0.2) is 79.8 Å². The molecule has 0 saturated carbocycles. The number of carbonyl (C=O) groups excluding carboxylic acids is 2. The number of rotatable bonds is 7. The first kappa shape index (κ1) is 17.2. The number of nitrogens with one attached hydrogen (secondary N) is 1. The normalized spacial score (nSPS) is 11.6. The van der Waals surface area contributed by atoms with Gasteiger partial charge in [0.2, 0.25) is 5.91 Å². The zero-order valence-corrected chi connectivity index (χ0v) is 11.7. The molecule has 0 aliphatic carbocycles. The minimum atomic E-state index is -1.13. The second-order valence-electron chi connectivity index (χ2n) is 4.21. The second-order valence-corrected chi connectivity index (χ2v) is 4.21. The van der Waals surface area contributed by atoms with E-state index in [0.29, 0.717) is 0 Å². The smallest absolute Gasteiger partial charge is 0.323 e. The number of amides is 3. The summed E-state index contributed by atoms with van der Waals surface area (Å²) >= 11 is 0. The van der Waals surface area contributed by atoms with Crippen molar-refractivity contribution in [3.63, 3.8) is 0 Å². The molecule has 1 unspecified atom stereocenters. The van der Waals surface area contributed by atoms with Crippen molar-refractivity contribution in [3.05, 3.63) is 0 Å². The quantitative estimate of drug-likeness (QED) is 0.634. The van der Waals surface area contributed by atoms with E-state index in [9.17, 15) is 14.4 Å². The van der Waals surface area contributed by atoms with Gasteiger partial charge < -0.3 is 25.0 Å². The highest BCUT2D eigenvalue weighted by molar-refractivity contribution is 5.87. The molecule has 0 bridgehead atoms. The molecule has 3 amide bonds. The fraction of sp³-hybridized carbons (Fsp3) is 0.727. The molecule has 0 heterocycles. The summed E-state index contributed by atoms with van der Waals surface area (Å²) < 4.78 is 4.80. The van der Waals surface area contributed by atoms with Crippen LogP contribution in [0.3, 0.4) is 0 Å². The first-order valence-electron chi connectivity index (χ1n) is 5.77. The lowest BCUT2D eigenvalue weighted by atomic mass is 10.3. The number of nitrogens with zero attached hydrogens (tertiary/aromatic N) is 2. The van der Waals surface area contributed by atoms with Crippen LogP contribution in [0.25, 0.3) is 0 Å². The van der Waals surface area contributed by atoms with Crippen molar-refractivity contribution < 1.29 is 24.2 Å². The summed E-state index contributed by atoms with van der Waals surface area (Å²) in [5.74, 6) is -1.40. The number of methoxy groups -OCH3 is 1. The molecule has 0 aromatic rings. The topological polar surface area (TPSA) is 99.2 Å². The van der Waals surface area contributed by atoms with Crippen molar-refractivity contribution >= 4 is 17.9 Å². The Bertz CT molecular complexity index is 332. The van der Waals surface area contributed by atoms with Gasteiger partial charge in [0.15, 0.2) is 0 Å². The van der Waals surface area contributed by atoms with Gasteiger partial charge in [0.05, 0.1) is 6.61 Å². The van der Waals surface area contributed by atoms with E-state index in [2.05, 4.69) is 5.32 Å². The molecule has 0 rings (SSSR count). The molecule has 0 aliphatic heterocycles. The lowest BCUT2D eigenvalue weighted by molar-refractivity contribution is -0.137. The molecule has 8 heteroatoms. The fourth-order valence-electron chi connectivity index (χ4n) is 1.34. The van der Waals surface area contributed by atoms with Gasteiger partial charge in [0, 0.05) is 27.7 Å². The average Bonchev–Trinajstić information content (AvgIpc) is 2.32. The lowest BCUT2D eigenvalue weighted by Crippen LogP contribution is -2.51. The molecule has 0 aromatic heterocycles. The van der Waals surface area contributed by atoms with Crippen molar-refractivity contribution in [2.75, 3.05) is 40.9 Å². The van der Waals surface area contributed by atoms with Gasteiger partial charge in [-0.05, 0) is 6.92 Å². The summed E-state index contributed by atoms with van der Waals surface area (Å²) in [5.41, 5.74) is 0. The van der Waals surface area contributed by atoms with Crippen LogP contribution in [0.4, 0.5) is 4.79 Å². The van der Waals surface area contributed by atoms with E-state index in [1.54, 1.807) is 14.1 Å². The van der Waals surface area contributed by atoms with E-state index in [1.165, 1.54) is 18.9 Å². The third-order valence-electron chi connectivity index (χ3n) is 2.33. The Balaban J connectivity index is 4.53. The molecule has 110 valence electrons. The first-order valence-corrected chi connectivity index (χ1v) is 5.77. The number of carbonyl (C=O) groups is 3. The molecule has 0 aliphatic rings. The Hall–Kier alpha value is -1.83. The van der Waals surface area contributed by atoms with Crippen LogP contribution in [0.1, 0.15) is 6.92 Å². The Morgan fingerprint density at radius 1 is 1.32 bits per heavy atom. The van der Waals surface area contributed by atoms with Gasteiger partial charge in [0.25, 0.3) is 0 Å². The predicted octanol–water partition coefficient (Wildman–Crippen LogP) is -0.794. The van der Waals surface area contributed by atoms with Gasteiger partial charge in [-0.15, -0.1) is 0 Å². The third kappa shape index (κ3) is 6.61. The Morgan fingerprint density at radius 3 is 2.32 bits per heavy atom. The highest BCUT2D eigenvalue weighted by Gasteiger charge is 2.22.